The predicted octanol–water partition coefficient (Wildman–Crippen LogP) is 3.44. The van der Waals surface area contributed by atoms with Crippen molar-refractivity contribution in [2.45, 2.75) is 32.4 Å². The Labute approximate surface area is 136 Å². The molecule has 1 aromatic carbocycles. The quantitative estimate of drug-likeness (QED) is 0.890. The van der Waals surface area contributed by atoms with E-state index in [2.05, 4.69) is 39.9 Å². The molecule has 2 N–H and O–H groups in total. The summed E-state index contributed by atoms with van der Waals surface area (Å²) in [5.74, 6) is 1.58. The number of rotatable bonds is 4. The minimum atomic E-state index is 0. The molecule has 0 aliphatic carbocycles. The lowest BCUT2D eigenvalue weighted by molar-refractivity contribution is 0.0990. The molecule has 2 rings (SSSR count). The Morgan fingerprint density at radius 1 is 1.45 bits per heavy atom. The first-order valence-corrected chi connectivity index (χ1v) is 7.71. The summed E-state index contributed by atoms with van der Waals surface area (Å²) in [6.07, 6.45) is 2.57. The van der Waals surface area contributed by atoms with Crippen LogP contribution < -0.4 is 10.5 Å². The van der Waals surface area contributed by atoms with E-state index in [1.807, 2.05) is 6.07 Å². The summed E-state index contributed by atoms with van der Waals surface area (Å²) >= 11 is 3.55. The summed E-state index contributed by atoms with van der Waals surface area (Å²) in [5.41, 5.74) is 7.25. The summed E-state index contributed by atoms with van der Waals surface area (Å²) in [6.45, 7) is 5.18. The summed E-state index contributed by atoms with van der Waals surface area (Å²) in [7, 11) is 1.69. The second-order valence-electron chi connectivity index (χ2n) is 5.36. The molecule has 1 aromatic rings. The van der Waals surface area contributed by atoms with E-state index in [1.165, 1.54) is 18.4 Å². The number of hydrogen-bond acceptors (Lipinski definition) is 3. The monoisotopic (exact) mass is 362 g/mol. The molecule has 0 spiro atoms. The number of hydrogen-bond donors (Lipinski definition) is 1. The van der Waals surface area contributed by atoms with E-state index < -0.39 is 0 Å². The van der Waals surface area contributed by atoms with Gasteiger partial charge in [0.1, 0.15) is 5.75 Å². The van der Waals surface area contributed by atoms with Crippen molar-refractivity contribution in [3.63, 3.8) is 0 Å². The average molecular weight is 364 g/mol. The van der Waals surface area contributed by atoms with Gasteiger partial charge in [0.05, 0.1) is 11.6 Å². The zero-order chi connectivity index (χ0) is 13.8. The number of piperidine rings is 1. The molecule has 3 nitrogen and oxygen atoms in total. The Morgan fingerprint density at radius 2 is 2.20 bits per heavy atom. The smallest absolute Gasteiger partial charge is 0.133 e. The molecule has 1 aliphatic rings. The lowest BCUT2D eigenvalue weighted by atomic mass is 9.90. The van der Waals surface area contributed by atoms with E-state index in [-0.39, 0.29) is 12.4 Å². The van der Waals surface area contributed by atoms with Crippen LogP contribution in [0, 0.1) is 5.92 Å². The summed E-state index contributed by atoms with van der Waals surface area (Å²) in [5, 5.41) is 0. The molecule has 0 radical (unpaired) electrons. The fourth-order valence-electron chi connectivity index (χ4n) is 2.95. The average Bonchev–Trinajstić information content (AvgIpc) is 2.39. The van der Waals surface area contributed by atoms with Gasteiger partial charge in [-0.3, -0.25) is 4.90 Å². The minimum Gasteiger partial charge on any atom is -0.496 e. The van der Waals surface area contributed by atoms with E-state index in [4.69, 9.17) is 10.5 Å². The van der Waals surface area contributed by atoms with Crippen LogP contribution in [-0.2, 0) is 6.54 Å². The van der Waals surface area contributed by atoms with Crippen molar-refractivity contribution in [1.82, 2.24) is 4.90 Å². The maximum atomic E-state index is 5.94. The molecule has 2 atom stereocenters. The van der Waals surface area contributed by atoms with E-state index in [0.717, 1.165) is 29.9 Å². The third-order valence-corrected chi connectivity index (χ3v) is 4.69. The highest BCUT2D eigenvalue weighted by molar-refractivity contribution is 9.10. The molecule has 5 heteroatoms. The van der Waals surface area contributed by atoms with Crippen molar-refractivity contribution in [2.75, 3.05) is 20.2 Å². The number of nitrogens with zero attached hydrogens (tertiary/aromatic N) is 1. The zero-order valence-electron chi connectivity index (χ0n) is 12.1. The Bertz CT molecular complexity index is 430. The molecule has 0 bridgehead atoms. The second kappa shape index (κ2) is 8.23. The van der Waals surface area contributed by atoms with Gasteiger partial charge in [0, 0.05) is 19.1 Å². The number of halogens is 2. The largest absolute Gasteiger partial charge is 0.496 e. The van der Waals surface area contributed by atoms with Crippen LogP contribution in [0.1, 0.15) is 25.3 Å². The van der Waals surface area contributed by atoms with E-state index in [0.29, 0.717) is 12.0 Å². The Morgan fingerprint density at radius 3 is 2.80 bits per heavy atom. The van der Waals surface area contributed by atoms with Crippen LogP contribution in [0.15, 0.2) is 22.7 Å². The van der Waals surface area contributed by atoms with E-state index in [1.54, 1.807) is 7.11 Å². The van der Waals surface area contributed by atoms with Crippen LogP contribution in [0.3, 0.4) is 0 Å². The van der Waals surface area contributed by atoms with Gasteiger partial charge in [0.15, 0.2) is 0 Å². The highest BCUT2D eigenvalue weighted by Gasteiger charge is 2.27. The molecule has 1 heterocycles. The molecule has 1 saturated heterocycles. The predicted molar refractivity (Wildman–Crippen MR) is 89.6 cm³/mol. The third kappa shape index (κ3) is 4.10. The lowest BCUT2D eigenvalue weighted by Crippen LogP contribution is -2.47. The molecule has 2 unspecified atom stereocenters. The van der Waals surface area contributed by atoms with Gasteiger partial charge in [-0.2, -0.15) is 0 Å². The van der Waals surface area contributed by atoms with Gasteiger partial charge < -0.3 is 10.5 Å². The first-order chi connectivity index (χ1) is 9.15. The maximum absolute atomic E-state index is 5.94. The van der Waals surface area contributed by atoms with Crippen molar-refractivity contribution < 1.29 is 4.74 Å². The van der Waals surface area contributed by atoms with Gasteiger partial charge in [0.25, 0.3) is 0 Å². The summed E-state index contributed by atoms with van der Waals surface area (Å²) < 4.78 is 6.28. The Kier molecular flexibility index (Phi) is 7.30. The molecule has 1 aliphatic heterocycles. The van der Waals surface area contributed by atoms with E-state index in [9.17, 15) is 0 Å². The van der Waals surface area contributed by atoms with Crippen LogP contribution in [-0.4, -0.2) is 31.1 Å². The first kappa shape index (κ1) is 17.8. The van der Waals surface area contributed by atoms with Crippen LogP contribution >= 0.6 is 28.3 Å². The number of benzene rings is 1. The van der Waals surface area contributed by atoms with Crippen molar-refractivity contribution in [3.8, 4) is 5.75 Å². The van der Waals surface area contributed by atoms with Crippen LogP contribution in [0.4, 0.5) is 0 Å². The molecule has 114 valence electrons. The molecule has 1 fully saturated rings. The van der Waals surface area contributed by atoms with Gasteiger partial charge in [0.2, 0.25) is 0 Å². The van der Waals surface area contributed by atoms with Crippen LogP contribution in [0.5, 0.6) is 5.75 Å². The van der Waals surface area contributed by atoms with Crippen molar-refractivity contribution >= 4 is 28.3 Å². The van der Waals surface area contributed by atoms with Gasteiger partial charge >= 0.3 is 0 Å². The van der Waals surface area contributed by atoms with Crippen molar-refractivity contribution in [2.24, 2.45) is 11.7 Å². The Hall–Kier alpha value is -0.290. The Balaban J connectivity index is 0.00000200. The highest BCUT2D eigenvalue weighted by Crippen LogP contribution is 2.28. The number of nitrogens with two attached hydrogens (primary N) is 1. The van der Waals surface area contributed by atoms with Crippen molar-refractivity contribution in [3.05, 3.63) is 28.2 Å². The van der Waals surface area contributed by atoms with Crippen LogP contribution in [0.25, 0.3) is 0 Å². The molecular formula is C15H24BrClN2O. The molecule has 0 aromatic heterocycles. The molecular weight excluding hydrogens is 340 g/mol. The van der Waals surface area contributed by atoms with Gasteiger partial charge in [-0.05, 0) is 58.9 Å². The second-order valence-corrected chi connectivity index (χ2v) is 6.22. The molecule has 20 heavy (non-hydrogen) atoms. The molecule has 0 saturated carbocycles. The van der Waals surface area contributed by atoms with Gasteiger partial charge in [-0.15, -0.1) is 12.4 Å². The van der Waals surface area contributed by atoms with E-state index >= 15 is 0 Å². The van der Waals surface area contributed by atoms with Crippen LogP contribution in [0.2, 0.25) is 0 Å². The highest BCUT2D eigenvalue weighted by atomic mass is 79.9. The van der Waals surface area contributed by atoms with Crippen molar-refractivity contribution in [1.29, 1.82) is 0 Å². The SMILES string of the molecule is COc1ccc(CN2CCCC(C)C2CN)cc1Br.Cl. The molecule has 0 amide bonds. The first-order valence-electron chi connectivity index (χ1n) is 6.92. The van der Waals surface area contributed by atoms with Gasteiger partial charge in [-0.25, -0.2) is 0 Å². The summed E-state index contributed by atoms with van der Waals surface area (Å²) in [6, 6.07) is 6.81. The minimum absolute atomic E-state index is 0. The number of ether oxygens (including phenoxy) is 1. The third-order valence-electron chi connectivity index (χ3n) is 4.07. The normalized spacial score (nSPS) is 23.2. The standard InChI is InChI=1S/C15H23BrN2O.ClH/c1-11-4-3-7-18(14(11)9-17)10-12-5-6-15(19-2)13(16)8-12;/h5-6,8,11,14H,3-4,7,9-10,17H2,1-2H3;1H. The topological polar surface area (TPSA) is 38.5 Å². The fourth-order valence-corrected chi connectivity index (χ4v) is 3.54. The number of likely N-dealkylation sites (tertiary alicyclic amines) is 1. The maximum Gasteiger partial charge on any atom is 0.133 e. The zero-order valence-corrected chi connectivity index (χ0v) is 14.5. The fraction of sp³-hybridized carbons (Fsp3) is 0.600. The number of methoxy groups -OCH3 is 1. The summed E-state index contributed by atoms with van der Waals surface area (Å²) in [4.78, 5) is 2.52. The lowest BCUT2D eigenvalue weighted by Gasteiger charge is -2.39. The van der Waals surface area contributed by atoms with Gasteiger partial charge in [-0.1, -0.05) is 13.0 Å².